The molecule has 1 aromatic rings. The van der Waals surface area contributed by atoms with Crippen LogP contribution in [0.2, 0.25) is 0 Å². The molecule has 1 aliphatic rings. The van der Waals surface area contributed by atoms with E-state index in [2.05, 4.69) is 39.3 Å². The molecule has 6 nitrogen and oxygen atoms in total. The van der Waals surface area contributed by atoms with E-state index in [0.29, 0.717) is 24.5 Å². The van der Waals surface area contributed by atoms with Gasteiger partial charge in [-0.1, -0.05) is 0 Å². The maximum Gasteiger partial charge on any atom is 0.240 e. The molecule has 0 bridgehead atoms. The summed E-state index contributed by atoms with van der Waals surface area (Å²) in [7, 11) is 0. The first kappa shape index (κ1) is 15.9. The van der Waals surface area contributed by atoms with Crippen LogP contribution >= 0.6 is 0 Å². The summed E-state index contributed by atoms with van der Waals surface area (Å²) in [4.78, 5) is 22.4. The van der Waals surface area contributed by atoms with Crippen molar-refractivity contribution in [2.45, 2.75) is 32.7 Å². The number of amides is 1. The summed E-state index contributed by atoms with van der Waals surface area (Å²) in [6.07, 6.45) is 5.70. The van der Waals surface area contributed by atoms with Crippen LogP contribution in [0.15, 0.2) is 18.5 Å². The number of hydrogen-bond donors (Lipinski definition) is 2. The van der Waals surface area contributed by atoms with Crippen molar-refractivity contribution < 1.29 is 4.79 Å². The zero-order chi connectivity index (χ0) is 15.1. The van der Waals surface area contributed by atoms with Gasteiger partial charge in [0.05, 0.1) is 6.54 Å². The molecule has 0 aromatic carbocycles. The van der Waals surface area contributed by atoms with E-state index < -0.39 is 0 Å². The van der Waals surface area contributed by atoms with Gasteiger partial charge in [-0.2, -0.15) is 0 Å². The smallest absolute Gasteiger partial charge is 0.240 e. The van der Waals surface area contributed by atoms with E-state index >= 15 is 0 Å². The summed E-state index contributed by atoms with van der Waals surface area (Å²) < 4.78 is 0. The molecule has 1 amide bonds. The molecule has 2 heterocycles. The van der Waals surface area contributed by atoms with Crippen molar-refractivity contribution in [3.05, 3.63) is 18.5 Å². The van der Waals surface area contributed by atoms with E-state index in [9.17, 15) is 4.79 Å². The van der Waals surface area contributed by atoms with Crippen LogP contribution in [0.5, 0.6) is 0 Å². The van der Waals surface area contributed by atoms with Gasteiger partial charge in [0.25, 0.3) is 0 Å². The molecular formula is C15H25N5O. The van der Waals surface area contributed by atoms with Gasteiger partial charge in [0.15, 0.2) is 0 Å². The molecule has 1 unspecified atom stereocenters. The number of carbonyl (C=O) groups is 1. The van der Waals surface area contributed by atoms with Crippen LogP contribution in [0, 0.1) is 5.92 Å². The topological polar surface area (TPSA) is 70.2 Å². The largest absolute Gasteiger partial charge is 0.316 e. The second-order valence-corrected chi connectivity index (χ2v) is 5.86. The number of aromatic nitrogens is 2. The first-order valence-electron chi connectivity index (χ1n) is 7.67. The van der Waals surface area contributed by atoms with Crippen molar-refractivity contribution in [3.8, 4) is 0 Å². The predicted octanol–water partition coefficient (Wildman–Crippen LogP) is 1.13. The van der Waals surface area contributed by atoms with Crippen LogP contribution in [0.4, 0.5) is 5.95 Å². The maximum atomic E-state index is 12.1. The normalized spacial score (nSPS) is 19.0. The SMILES string of the molecule is CC(C)N(CC(=O)Nc1ncccn1)CC1CCCNC1. The van der Waals surface area contributed by atoms with Crippen LogP contribution in [0.3, 0.4) is 0 Å². The average Bonchev–Trinajstić information content (AvgIpc) is 2.48. The highest BCUT2D eigenvalue weighted by Crippen LogP contribution is 2.13. The lowest BCUT2D eigenvalue weighted by atomic mass is 9.98. The third kappa shape index (κ3) is 5.40. The lowest BCUT2D eigenvalue weighted by molar-refractivity contribution is -0.118. The summed E-state index contributed by atoms with van der Waals surface area (Å²) in [5.41, 5.74) is 0. The minimum absolute atomic E-state index is 0.0568. The highest BCUT2D eigenvalue weighted by atomic mass is 16.2. The van der Waals surface area contributed by atoms with Crippen molar-refractivity contribution in [2.24, 2.45) is 5.92 Å². The lowest BCUT2D eigenvalue weighted by Gasteiger charge is -2.32. The summed E-state index contributed by atoms with van der Waals surface area (Å²) in [5, 5.41) is 6.17. The van der Waals surface area contributed by atoms with Crippen LogP contribution in [0.25, 0.3) is 0 Å². The van der Waals surface area contributed by atoms with Gasteiger partial charge in [0.2, 0.25) is 11.9 Å². The van der Waals surface area contributed by atoms with Crippen molar-refractivity contribution >= 4 is 11.9 Å². The van der Waals surface area contributed by atoms with Crippen molar-refractivity contribution in [3.63, 3.8) is 0 Å². The molecule has 21 heavy (non-hydrogen) atoms. The quantitative estimate of drug-likeness (QED) is 0.822. The van der Waals surface area contributed by atoms with Gasteiger partial charge in [0.1, 0.15) is 0 Å². The van der Waals surface area contributed by atoms with Gasteiger partial charge < -0.3 is 5.32 Å². The fraction of sp³-hybridized carbons (Fsp3) is 0.667. The van der Waals surface area contributed by atoms with Gasteiger partial charge in [-0.05, 0) is 51.8 Å². The lowest BCUT2D eigenvalue weighted by Crippen LogP contribution is -2.44. The fourth-order valence-corrected chi connectivity index (χ4v) is 2.58. The van der Waals surface area contributed by atoms with E-state index in [1.54, 1.807) is 18.5 Å². The molecule has 0 saturated carbocycles. The number of hydrogen-bond acceptors (Lipinski definition) is 5. The highest BCUT2D eigenvalue weighted by Gasteiger charge is 2.21. The Labute approximate surface area is 126 Å². The van der Waals surface area contributed by atoms with Crippen molar-refractivity contribution in [1.82, 2.24) is 20.2 Å². The molecule has 2 N–H and O–H groups in total. The van der Waals surface area contributed by atoms with Crippen LogP contribution in [-0.4, -0.2) is 53.0 Å². The predicted molar refractivity (Wildman–Crippen MR) is 83.0 cm³/mol. The Bertz CT molecular complexity index is 431. The fourth-order valence-electron chi connectivity index (χ4n) is 2.58. The zero-order valence-electron chi connectivity index (χ0n) is 12.9. The second-order valence-electron chi connectivity index (χ2n) is 5.86. The first-order chi connectivity index (χ1) is 10.1. The Balaban J connectivity index is 1.85. The Morgan fingerprint density at radius 3 is 2.86 bits per heavy atom. The molecule has 1 saturated heterocycles. The summed E-state index contributed by atoms with van der Waals surface area (Å²) in [6.45, 7) is 7.75. The summed E-state index contributed by atoms with van der Waals surface area (Å²) >= 11 is 0. The second kappa shape index (κ2) is 8.05. The van der Waals surface area contributed by atoms with Crippen LogP contribution in [0.1, 0.15) is 26.7 Å². The molecule has 0 spiro atoms. The Kier molecular flexibility index (Phi) is 6.07. The van der Waals surface area contributed by atoms with Crippen molar-refractivity contribution in [2.75, 3.05) is 31.5 Å². The molecule has 2 rings (SSSR count). The van der Waals surface area contributed by atoms with Gasteiger partial charge in [-0.25, -0.2) is 9.97 Å². The number of rotatable bonds is 6. The number of piperidine rings is 1. The van der Waals surface area contributed by atoms with Crippen LogP contribution < -0.4 is 10.6 Å². The molecule has 116 valence electrons. The maximum absolute atomic E-state index is 12.1. The molecule has 1 aliphatic heterocycles. The monoisotopic (exact) mass is 291 g/mol. The number of anilines is 1. The minimum atomic E-state index is -0.0568. The minimum Gasteiger partial charge on any atom is -0.316 e. The number of carbonyl (C=O) groups excluding carboxylic acids is 1. The standard InChI is InChI=1S/C15H25N5O/c1-12(2)20(10-13-5-3-6-16-9-13)11-14(21)19-15-17-7-4-8-18-15/h4,7-8,12-13,16H,3,5-6,9-11H2,1-2H3,(H,17,18,19,21). The molecule has 1 atom stereocenters. The Morgan fingerprint density at radius 1 is 1.48 bits per heavy atom. The Hall–Kier alpha value is -1.53. The molecule has 0 aliphatic carbocycles. The van der Waals surface area contributed by atoms with Gasteiger partial charge in [-0.15, -0.1) is 0 Å². The molecule has 1 fully saturated rings. The third-order valence-electron chi connectivity index (χ3n) is 3.79. The third-order valence-corrected chi connectivity index (χ3v) is 3.79. The zero-order valence-corrected chi connectivity index (χ0v) is 12.9. The van der Waals surface area contributed by atoms with E-state index in [1.165, 1.54) is 12.8 Å². The molecule has 0 radical (unpaired) electrons. The molecule has 1 aromatic heterocycles. The first-order valence-corrected chi connectivity index (χ1v) is 7.67. The Morgan fingerprint density at radius 2 is 2.24 bits per heavy atom. The van der Waals surface area contributed by atoms with E-state index in [-0.39, 0.29) is 5.91 Å². The highest BCUT2D eigenvalue weighted by molar-refractivity contribution is 5.90. The summed E-state index contributed by atoms with van der Waals surface area (Å²) in [5.74, 6) is 0.936. The van der Waals surface area contributed by atoms with Gasteiger partial charge in [0, 0.05) is 25.0 Å². The molecular weight excluding hydrogens is 266 g/mol. The van der Waals surface area contributed by atoms with Crippen LogP contribution in [-0.2, 0) is 4.79 Å². The van der Waals surface area contributed by atoms with Gasteiger partial charge in [-0.3, -0.25) is 15.0 Å². The number of nitrogens with zero attached hydrogens (tertiary/aromatic N) is 3. The van der Waals surface area contributed by atoms with Crippen molar-refractivity contribution in [1.29, 1.82) is 0 Å². The number of nitrogens with one attached hydrogen (secondary N) is 2. The average molecular weight is 291 g/mol. The van der Waals surface area contributed by atoms with E-state index in [4.69, 9.17) is 0 Å². The van der Waals surface area contributed by atoms with E-state index in [1.807, 2.05) is 0 Å². The molecule has 6 heteroatoms. The van der Waals surface area contributed by atoms with E-state index in [0.717, 1.165) is 19.6 Å². The summed E-state index contributed by atoms with van der Waals surface area (Å²) in [6, 6.07) is 2.07. The van der Waals surface area contributed by atoms with Gasteiger partial charge >= 0.3 is 0 Å².